The Kier molecular flexibility index (Phi) is 4.57. The lowest BCUT2D eigenvalue weighted by Gasteiger charge is -2.42. The highest BCUT2D eigenvalue weighted by atomic mass is 16.2. The predicted octanol–water partition coefficient (Wildman–Crippen LogP) is 0.397. The van der Waals surface area contributed by atoms with Crippen LogP contribution in [0.25, 0.3) is 0 Å². The number of hydrogen-bond acceptors (Lipinski definition) is 4. The molecule has 1 aliphatic rings. The van der Waals surface area contributed by atoms with E-state index in [1.165, 1.54) is 0 Å². The fourth-order valence-corrected chi connectivity index (χ4v) is 2.44. The average molecular weight is 290 g/mol. The molecule has 0 aliphatic carbocycles. The van der Waals surface area contributed by atoms with E-state index in [0.717, 1.165) is 6.42 Å². The lowest BCUT2D eigenvalue weighted by molar-refractivity contribution is -0.133. The van der Waals surface area contributed by atoms with Crippen molar-refractivity contribution in [2.45, 2.75) is 26.3 Å². The first-order valence-corrected chi connectivity index (χ1v) is 7.13. The summed E-state index contributed by atoms with van der Waals surface area (Å²) in [5.74, 6) is -0.420. The third-order valence-corrected chi connectivity index (χ3v) is 3.96. The van der Waals surface area contributed by atoms with E-state index in [-0.39, 0.29) is 29.8 Å². The normalized spacial score (nSPS) is 20.9. The van der Waals surface area contributed by atoms with Crippen LogP contribution >= 0.6 is 0 Å². The second kappa shape index (κ2) is 6.22. The Morgan fingerprint density at radius 3 is 2.86 bits per heavy atom. The summed E-state index contributed by atoms with van der Waals surface area (Å²) in [4.78, 5) is 29.7. The molecule has 0 saturated carbocycles. The van der Waals surface area contributed by atoms with Crippen LogP contribution in [-0.4, -0.2) is 47.4 Å². The van der Waals surface area contributed by atoms with Crippen LogP contribution in [0.15, 0.2) is 24.4 Å². The van der Waals surface area contributed by atoms with Crippen molar-refractivity contribution in [3.05, 3.63) is 30.1 Å². The van der Waals surface area contributed by atoms with Gasteiger partial charge in [0.2, 0.25) is 5.91 Å². The molecule has 0 bridgehead atoms. The molecule has 2 heterocycles. The predicted molar refractivity (Wildman–Crippen MR) is 79.5 cm³/mol. The van der Waals surface area contributed by atoms with Crippen LogP contribution < -0.4 is 11.1 Å². The summed E-state index contributed by atoms with van der Waals surface area (Å²) in [6, 6.07) is 5.19. The number of rotatable bonds is 3. The number of aromatic nitrogens is 1. The van der Waals surface area contributed by atoms with Crippen LogP contribution in [0.5, 0.6) is 0 Å². The maximum Gasteiger partial charge on any atom is 0.270 e. The summed E-state index contributed by atoms with van der Waals surface area (Å²) in [6.07, 6.45) is 2.33. The van der Waals surface area contributed by atoms with Gasteiger partial charge in [-0.1, -0.05) is 19.9 Å². The van der Waals surface area contributed by atoms with Crippen LogP contribution in [0.1, 0.15) is 30.8 Å². The maximum absolute atomic E-state index is 12.2. The van der Waals surface area contributed by atoms with Crippen LogP contribution in [0, 0.1) is 5.41 Å². The number of hydrogen-bond donors (Lipinski definition) is 2. The molecule has 1 aromatic heterocycles. The molecule has 114 valence electrons. The second-order valence-corrected chi connectivity index (χ2v) is 6.10. The van der Waals surface area contributed by atoms with Gasteiger partial charge in [-0.05, 0) is 24.0 Å². The van der Waals surface area contributed by atoms with Gasteiger partial charge in [-0.2, -0.15) is 0 Å². The largest absolute Gasteiger partial charge is 0.342 e. The zero-order chi connectivity index (χ0) is 15.5. The van der Waals surface area contributed by atoms with Gasteiger partial charge in [-0.15, -0.1) is 0 Å². The second-order valence-electron chi connectivity index (χ2n) is 6.10. The first-order chi connectivity index (χ1) is 9.90. The molecule has 1 aliphatic heterocycles. The van der Waals surface area contributed by atoms with Gasteiger partial charge in [0.1, 0.15) is 5.69 Å². The van der Waals surface area contributed by atoms with Gasteiger partial charge in [0.15, 0.2) is 0 Å². The van der Waals surface area contributed by atoms with E-state index in [0.29, 0.717) is 18.8 Å². The SMILES string of the molecule is CC1(C)CN(C(=O)CNC(=O)c2ccccn2)CCC1N. The van der Waals surface area contributed by atoms with E-state index in [1.54, 1.807) is 29.3 Å². The highest BCUT2D eigenvalue weighted by Crippen LogP contribution is 2.27. The Morgan fingerprint density at radius 2 is 2.24 bits per heavy atom. The van der Waals surface area contributed by atoms with Gasteiger partial charge in [-0.3, -0.25) is 14.6 Å². The molecule has 0 radical (unpaired) electrons. The molecule has 1 saturated heterocycles. The fraction of sp³-hybridized carbons (Fsp3) is 0.533. The Balaban J connectivity index is 1.87. The molecule has 6 nitrogen and oxygen atoms in total. The van der Waals surface area contributed by atoms with Crippen molar-refractivity contribution in [1.29, 1.82) is 0 Å². The van der Waals surface area contributed by atoms with E-state index < -0.39 is 0 Å². The molecule has 6 heteroatoms. The molecule has 1 unspecified atom stereocenters. The molecule has 2 rings (SSSR count). The maximum atomic E-state index is 12.2. The number of nitrogens with one attached hydrogen (secondary N) is 1. The van der Waals surface area contributed by atoms with Crippen molar-refractivity contribution in [3.63, 3.8) is 0 Å². The zero-order valence-electron chi connectivity index (χ0n) is 12.5. The molecule has 0 spiro atoms. The Morgan fingerprint density at radius 1 is 1.48 bits per heavy atom. The molecule has 1 fully saturated rings. The van der Waals surface area contributed by atoms with Gasteiger partial charge < -0.3 is 16.0 Å². The van der Waals surface area contributed by atoms with Crippen molar-refractivity contribution >= 4 is 11.8 Å². The van der Waals surface area contributed by atoms with Gasteiger partial charge in [0, 0.05) is 25.3 Å². The molecular weight excluding hydrogens is 268 g/mol. The minimum atomic E-state index is -0.336. The smallest absolute Gasteiger partial charge is 0.270 e. The molecule has 1 aromatic rings. The van der Waals surface area contributed by atoms with Crippen molar-refractivity contribution in [2.75, 3.05) is 19.6 Å². The summed E-state index contributed by atoms with van der Waals surface area (Å²) >= 11 is 0. The van der Waals surface area contributed by atoms with E-state index in [9.17, 15) is 9.59 Å². The summed E-state index contributed by atoms with van der Waals surface area (Å²) in [7, 11) is 0. The number of piperidine rings is 1. The summed E-state index contributed by atoms with van der Waals surface area (Å²) in [6.45, 7) is 5.36. The van der Waals surface area contributed by atoms with Crippen LogP contribution in [0.3, 0.4) is 0 Å². The monoisotopic (exact) mass is 290 g/mol. The fourth-order valence-electron chi connectivity index (χ4n) is 2.44. The molecule has 2 amide bonds. The van der Waals surface area contributed by atoms with Crippen LogP contribution in [0.2, 0.25) is 0 Å². The number of carbonyl (C=O) groups excluding carboxylic acids is 2. The minimum absolute atomic E-state index is 0.0132. The summed E-state index contributed by atoms with van der Waals surface area (Å²) in [5.41, 5.74) is 6.27. The van der Waals surface area contributed by atoms with E-state index in [2.05, 4.69) is 24.1 Å². The van der Waals surface area contributed by atoms with E-state index in [1.807, 2.05) is 0 Å². The minimum Gasteiger partial charge on any atom is -0.342 e. The topological polar surface area (TPSA) is 88.3 Å². The zero-order valence-corrected chi connectivity index (χ0v) is 12.5. The highest BCUT2D eigenvalue weighted by Gasteiger charge is 2.35. The number of nitrogens with two attached hydrogens (primary N) is 1. The van der Waals surface area contributed by atoms with Crippen LogP contribution in [-0.2, 0) is 4.79 Å². The number of likely N-dealkylation sites (tertiary alicyclic amines) is 1. The first kappa shape index (κ1) is 15.4. The molecule has 1 atom stereocenters. The quantitative estimate of drug-likeness (QED) is 0.843. The Labute approximate surface area is 124 Å². The average Bonchev–Trinajstić information content (AvgIpc) is 2.48. The van der Waals surface area contributed by atoms with Gasteiger partial charge >= 0.3 is 0 Å². The van der Waals surface area contributed by atoms with Crippen molar-refractivity contribution in [3.8, 4) is 0 Å². The molecule has 3 N–H and O–H groups in total. The molecule has 0 aromatic carbocycles. The Hall–Kier alpha value is -1.95. The third kappa shape index (κ3) is 3.78. The van der Waals surface area contributed by atoms with Crippen molar-refractivity contribution in [1.82, 2.24) is 15.2 Å². The third-order valence-electron chi connectivity index (χ3n) is 3.96. The van der Waals surface area contributed by atoms with E-state index in [4.69, 9.17) is 5.73 Å². The number of nitrogens with zero attached hydrogens (tertiary/aromatic N) is 2. The number of pyridine rings is 1. The highest BCUT2D eigenvalue weighted by molar-refractivity contribution is 5.94. The summed E-state index contributed by atoms with van der Waals surface area (Å²) < 4.78 is 0. The van der Waals surface area contributed by atoms with Gasteiger partial charge in [0.25, 0.3) is 5.91 Å². The lowest BCUT2D eigenvalue weighted by atomic mass is 9.79. The van der Waals surface area contributed by atoms with E-state index >= 15 is 0 Å². The van der Waals surface area contributed by atoms with Gasteiger partial charge in [-0.25, -0.2) is 0 Å². The summed E-state index contributed by atoms with van der Waals surface area (Å²) in [5, 5.41) is 2.61. The molecular formula is C15H22N4O2. The Bertz CT molecular complexity index is 516. The number of carbonyl (C=O) groups is 2. The lowest BCUT2D eigenvalue weighted by Crippen LogP contribution is -2.55. The molecule has 21 heavy (non-hydrogen) atoms. The van der Waals surface area contributed by atoms with Crippen molar-refractivity contribution in [2.24, 2.45) is 11.1 Å². The van der Waals surface area contributed by atoms with Crippen molar-refractivity contribution < 1.29 is 9.59 Å². The number of amides is 2. The first-order valence-electron chi connectivity index (χ1n) is 7.13. The van der Waals surface area contributed by atoms with Crippen LogP contribution in [0.4, 0.5) is 0 Å². The van der Waals surface area contributed by atoms with Gasteiger partial charge in [0.05, 0.1) is 6.54 Å². The standard InChI is InChI=1S/C15H22N4O2/c1-15(2)10-19(8-6-12(15)16)13(20)9-18-14(21)11-5-3-4-7-17-11/h3-5,7,12H,6,8-10,16H2,1-2H3,(H,18,21).